The fourth-order valence-electron chi connectivity index (χ4n) is 3.90. The number of nitrogens with zero attached hydrogens (tertiary/aromatic N) is 2. The fraction of sp³-hybridized carbons (Fsp3) is 0.333. The van der Waals surface area contributed by atoms with E-state index in [1.807, 2.05) is 29.2 Å². The van der Waals surface area contributed by atoms with E-state index in [1.165, 1.54) is 5.56 Å². The molecular weight excluding hydrogens is 358 g/mol. The summed E-state index contributed by atoms with van der Waals surface area (Å²) in [4.78, 5) is 27.7. The third-order valence-corrected chi connectivity index (χ3v) is 6.45. The second kappa shape index (κ2) is 7.19. The molecule has 1 aliphatic heterocycles. The summed E-state index contributed by atoms with van der Waals surface area (Å²) in [6, 6.07) is 14.4. The molecule has 1 atom stereocenters. The van der Waals surface area contributed by atoms with E-state index < -0.39 is 0 Å². The number of thiophene rings is 1. The number of carbonyl (C=O) groups excluding carboxylic acids is 2. The van der Waals surface area contributed by atoms with E-state index in [0.29, 0.717) is 31.6 Å². The van der Waals surface area contributed by atoms with Crippen LogP contribution in [0.1, 0.15) is 41.9 Å². The molecule has 3 aromatic rings. The standard InChI is InChI=1S/C21H23N3O2S/c1-14(15-5-3-2-4-6-15)24-18(13-17-9-12-27-21(17)24)20(26)23-10-7-16(8-11-23)19(22)25/h2-6,9,12-14,16H,7-8,10-11H2,1H3,(H2,22,25)/t14-/m0/s1. The van der Waals surface area contributed by atoms with Gasteiger partial charge in [0.05, 0.1) is 6.04 Å². The number of fused-ring (bicyclic) bond motifs is 1. The average Bonchev–Trinajstić information content (AvgIpc) is 3.28. The maximum absolute atomic E-state index is 13.3. The Hall–Kier alpha value is -2.60. The van der Waals surface area contributed by atoms with Crippen LogP contribution in [0.25, 0.3) is 10.2 Å². The van der Waals surface area contributed by atoms with Crippen molar-refractivity contribution in [2.24, 2.45) is 11.7 Å². The van der Waals surface area contributed by atoms with Crippen LogP contribution in [0.15, 0.2) is 47.8 Å². The molecule has 0 spiro atoms. The quantitative estimate of drug-likeness (QED) is 0.749. The second-order valence-corrected chi connectivity index (χ2v) is 8.03. The van der Waals surface area contributed by atoms with Gasteiger partial charge in [0.2, 0.25) is 5.91 Å². The van der Waals surface area contributed by atoms with E-state index in [9.17, 15) is 9.59 Å². The van der Waals surface area contributed by atoms with Crippen molar-refractivity contribution in [3.63, 3.8) is 0 Å². The first-order chi connectivity index (χ1) is 13.1. The molecule has 1 aromatic carbocycles. The van der Waals surface area contributed by atoms with Gasteiger partial charge in [0.1, 0.15) is 10.5 Å². The highest BCUT2D eigenvalue weighted by Crippen LogP contribution is 2.32. The highest BCUT2D eigenvalue weighted by Gasteiger charge is 2.29. The zero-order valence-corrected chi connectivity index (χ0v) is 16.1. The van der Waals surface area contributed by atoms with Crippen LogP contribution in [-0.4, -0.2) is 34.4 Å². The zero-order valence-electron chi connectivity index (χ0n) is 15.3. The minimum Gasteiger partial charge on any atom is -0.369 e. The average molecular weight is 382 g/mol. The molecule has 5 nitrogen and oxygen atoms in total. The molecule has 2 amide bonds. The molecule has 0 unspecified atom stereocenters. The summed E-state index contributed by atoms with van der Waals surface area (Å²) >= 11 is 1.66. The van der Waals surface area contributed by atoms with E-state index in [4.69, 9.17) is 5.73 Å². The molecule has 0 radical (unpaired) electrons. The smallest absolute Gasteiger partial charge is 0.270 e. The van der Waals surface area contributed by atoms with Gasteiger partial charge in [-0.05, 0) is 42.8 Å². The molecule has 2 aromatic heterocycles. The van der Waals surface area contributed by atoms with Gasteiger partial charge in [-0.25, -0.2) is 0 Å². The second-order valence-electron chi connectivity index (χ2n) is 7.14. The van der Waals surface area contributed by atoms with Gasteiger partial charge >= 0.3 is 0 Å². The minimum atomic E-state index is -0.260. The maximum atomic E-state index is 13.3. The number of primary amides is 1. The number of piperidine rings is 1. The molecule has 3 heterocycles. The summed E-state index contributed by atoms with van der Waals surface area (Å²) < 4.78 is 2.15. The highest BCUT2D eigenvalue weighted by atomic mass is 32.1. The first-order valence-corrected chi connectivity index (χ1v) is 10.2. The summed E-state index contributed by atoms with van der Waals surface area (Å²) in [5.74, 6) is -0.347. The number of nitrogens with two attached hydrogens (primary N) is 1. The van der Waals surface area contributed by atoms with Crippen molar-refractivity contribution < 1.29 is 9.59 Å². The minimum absolute atomic E-state index is 0.0316. The van der Waals surface area contributed by atoms with Gasteiger partial charge < -0.3 is 15.2 Å². The molecule has 1 fully saturated rings. The van der Waals surface area contributed by atoms with Crippen LogP contribution in [0.4, 0.5) is 0 Å². The van der Waals surface area contributed by atoms with E-state index in [1.54, 1.807) is 11.3 Å². The van der Waals surface area contributed by atoms with E-state index in [0.717, 1.165) is 10.2 Å². The number of aromatic nitrogens is 1. The van der Waals surface area contributed by atoms with Crippen LogP contribution in [-0.2, 0) is 4.79 Å². The van der Waals surface area contributed by atoms with Crippen LogP contribution >= 0.6 is 11.3 Å². The molecule has 6 heteroatoms. The monoisotopic (exact) mass is 381 g/mol. The third-order valence-electron chi connectivity index (χ3n) is 5.52. The Morgan fingerprint density at radius 2 is 1.85 bits per heavy atom. The largest absolute Gasteiger partial charge is 0.369 e. The Morgan fingerprint density at radius 3 is 2.52 bits per heavy atom. The molecule has 1 aliphatic rings. The van der Waals surface area contributed by atoms with Crippen molar-refractivity contribution in [2.45, 2.75) is 25.8 Å². The topological polar surface area (TPSA) is 68.3 Å². The van der Waals surface area contributed by atoms with Crippen molar-refractivity contribution >= 4 is 33.4 Å². The maximum Gasteiger partial charge on any atom is 0.270 e. The van der Waals surface area contributed by atoms with Gasteiger partial charge in [0, 0.05) is 24.4 Å². The Morgan fingerprint density at radius 1 is 1.15 bits per heavy atom. The number of hydrogen-bond acceptors (Lipinski definition) is 3. The van der Waals surface area contributed by atoms with Gasteiger partial charge in [0.25, 0.3) is 5.91 Å². The Balaban J connectivity index is 1.67. The lowest BCUT2D eigenvalue weighted by Gasteiger charge is -2.31. The lowest BCUT2D eigenvalue weighted by atomic mass is 9.96. The number of benzene rings is 1. The van der Waals surface area contributed by atoms with E-state index in [-0.39, 0.29) is 23.8 Å². The molecule has 27 heavy (non-hydrogen) atoms. The van der Waals surface area contributed by atoms with Crippen LogP contribution in [0.2, 0.25) is 0 Å². The highest BCUT2D eigenvalue weighted by molar-refractivity contribution is 7.16. The van der Waals surface area contributed by atoms with Gasteiger partial charge in [-0.15, -0.1) is 11.3 Å². The molecule has 0 bridgehead atoms. The predicted molar refractivity (Wildman–Crippen MR) is 108 cm³/mol. The first-order valence-electron chi connectivity index (χ1n) is 9.28. The normalized spacial score (nSPS) is 16.6. The van der Waals surface area contributed by atoms with Crippen molar-refractivity contribution in [3.05, 3.63) is 59.1 Å². The fourth-order valence-corrected chi connectivity index (χ4v) is 4.88. The number of carbonyl (C=O) groups is 2. The first kappa shape index (κ1) is 17.8. The van der Waals surface area contributed by atoms with Crippen molar-refractivity contribution in [3.8, 4) is 0 Å². The molecule has 0 aliphatic carbocycles. The number of amides is 2. The summed E-state index contributed by atoms with van der Waals surface area (Å²) in [6.45, 7) is 3.28. The summed E-state index contributed by atoms with van der Waals surface area (Å²) in [6.07, 6.45) is 1.29. The number of rotatable bonds is 4. The van der Waals surface area contributed by atoms with Gasteiger partial charge in [-0.1, -0.05) is 30.3 Å². The summed E-state index contributed by atoms with van der Waals surface area (Å²) in [5.41, 5.74) is 7.30. The molecule has 140 valence electrons. The lowest BCUT2D eigenvalue weighted by molar-refractivity contribution is -0.123. The molecular formula is C21H23N3O2S. The van der Waals surface area contributed by atoms with Crippen LogP contribution < -0.4 is 5.73 Å². The molecule has 1 saturated heterocycles. The Labute approximate surface area is 162 Å². The predicted octanol–water partition coefficient (Wildman–Crippen LogP) is 3.65. The van der Waals surface area contributed by atoms with Crippen LogP contribution in [0.3, 0.4) is 0 Å². The van der Waals surface area contributed by atoms with Crippen molar-refractivity contribution in [1.82, 2.24) is 9.47 Å². The van der Waals surface area contributed by atoms with E-state index in [2.05, 4.69) is 35.1 Å². The van der Waals surface area contributed by atoms with Gasteiger partial charge in [-0.2, -0.15) is 0 Å². The van der Waals surface area contributed by atoms with Crippen molar-refractivity contribution in [2.75, 3.05) is 13.1 Å². The zero-order chi connectivity index (χ0) is 19.0. The molecule has 0 saturated carbocycles. The SMILES string of the molecule is C[C@@H](c1ccccc1)n1c(C(=O)N2CCC(C(N)=O)CC2)cc2ccsc21. The lowest BCUT2D eigenvalue weighted by Crippen LogP contribution is -2.42. The van der Waals surface area contributed by atoms with Crippen LogP contribution in [0.5, 0.6) is 0 Å². The number of likely N-dealkylation sites (tertiary alicyclic amines) is 1. The molecule has 2 N–H and O–H groups in total. The third kappa shape index (κ3) is 3.25. The molecule has 4 rings (SSSR count). The number of hydrogen-bond donors (Lipinski definition) is 1. The Bertz CT molecular complexity index is 968. The van der Waals surface area contributed by atoms with Gasteiger partial charge in [-0.3, -0.25) is 9.59 Å². The Kier molecular flexibility index (Phi) is 4.74. The summed E-state index contributed by atoms with van der Waals surface area (Å²) in [5, 5.41) is 3.16. The van der Waals surface area contributed by atoms with Crippen molar-refractivity contribution in [1.29, 1.82) is 0 Å². The summed E-state index contributed by atoms with van der Waals surface area (Å²) in [7, 11) is 0. The van der Waals surface area contributed by atoms with E-state index >= 15 is 0 Å². The van der Waals surface area contributed by atoms with Gasteiger partial charge in [0.15, 0.2) is 0 Å². The van der Waals surface area contributed by atoms with Crippen LogP contribution in [0, 0.1) is 5.92 Å².